The molecule has 3 aromatic carbocycles. The standard InChI is InChI=1S/C30H35NO3/c1-31(2)18-6-9-29-27-8-5-4-7-24(27)14-15-25-20-26(16-17-28(25)29)34-21-23-12-10-22(11-13-23)19-30(32)33-3/h4-5,7-8,10-13,16-17,20,29H,6,9,14-15,18-19,21H2,1-3H3. The lowest BCUT2D eigenvalue weighted by Crippen LogP contribution is -2.14. The number of hydrogen-bond donors (Lipinski definition) is 0. The van der Waals surface area contributed by atoms with Crippen molar-refractivity contribution in [1.29, 1.82) is 0 Å². The first kappa shape index (κ1) is 24.0. The molecule has 0 aliphatic heterocycles. The van der Waals surface area contributed by atoms with Gasteiger partial charge in [-0.2, -0.15) is 0 Å². The van der Waals surface area contributed by atoms with Crippen molar-refractivity contribution in [2.45, 2.75) is 44.6 Å². The maximum Gasteiger partial charge on any atom is 0.309 e. The summed E-state index contributed by atoms with van der Waals surface area (Å²) in [5.41, 5.74) is 7.84. The summed E-state index contributed by atoms with van der Waals surface area (Å²) < 4.78 is 10.9. The summed E-state index contributed by atoms with van der Waals surface area (Å²) in [4.78, 5) is 13.7. The Morgan fingerprint density at radius 3 is 2.38 bits per heavy atom. The fourth-order valence-corrected chi connectivity index (χ4v) is 4.85. The molecule has 178 valence electrons. The van der Waals surface area contributed by atoms with Gasteiger partial charge < -0.3 is 14.4 Å². The first-order valence-corrected chi connectivity index (χ1v) is 12.2. The van der Waals surface area contributed by atoms with Gasteiger partial charge in [0, 0.05) is 5.92 Å². The minimum Gasteiger partial charge on any atom is -0.489 e. The lowest BCUT2D eigenvalue weighted by atomic mass is 9.84. The SMILES string of the molecule is COC(=O)Cc1ccc(COc2ccc3c(c2)CCc2ccccc2C3CCCN(C)C)cc1. The third-order valence-electron chi connectivity index (χ3n) is 6.69. The van der Waals surface area contributed by atoms with Gasteiger partial charge in [0.25, 0.3) is 0 Å². The van der Waals surface area contributed by atoms with Crippen LogP contribution in [-0.2, 0) is 35.4 Å². The molecule has 3 aromatic rings. The van der Waals surface area contributed by atoms with E-state index in [1.165, 1.54) is 35.8 Å². The molecule has 1 aliphatic carbocycles. The van der Waals surface area contributed by atoms with Crippen LogP contribution in [0.3, 0.4) is 0 Å². The van der Waals surface area contributed by atoms with Crippen molar-refractivity contribution >= 4 is 5.97 Å². The number of methoxy groups -OCH3 is 1. The molecule has 34 heavy (non-hydrogen) atoms. The van der Waals surface area contributed by atoms with Crippen LogP contribution in [0.15, 0.2) is 66.7 Å². The maximum absolute atomic E-state index is 11.5. The van der Waals surface area contributed by atoms with Crippen LogP contribution in [0.4, 0.5) is 0 Å². The smallest absolute Gasteiger partial charge is 0.309 e. The molecule has 0 amide bonds. The number of aryl methyl sites for hydroxylation is 2. The zero-order valence-electron chi connectivity index (χ0n) is 20.5. The summed E-state index contributed by atoms with van der Waals surface area (Å²) in [5.74, 6) is 1.12. The van der Waals surface area contributed by atoms with Crippen LogP contribution in [0, 0.1) is 0 Å². The molecule has 0 fully saturated rings. The minimum atomic E-state index is -0.226. The van der Waals surface area contributed by atoms with Gasteiger partial charge in [0.05, 0.1) is 13.5 Å². The number of ether oxygens (including phenoxy) is 2. The molecule has 0 N–H and O–H groups in total. The van der Waals surface area contributed by atoms with Gasteiger partial charge in [-0.25, -0.2) is 0 Å². The number of carbonyl (C=O) groups is 1. The summed E-state index contributed by atoms with van der Waals surface area (Å²) >= 11 is 0. The molecule has 0 aromatic heterocycles. The van der Waals surface area contributed by atoms with Gasteiger partial charge in [-0.1, -0.05) is 54.6 Å². The van der Waals surface area contributed by atoms with Gasteiger partial charge in [-0.05, 0) is 91.8 Å². The van der Waals surface area contributed by atoms with Crippen LogP contribution in [0.25, 0.3) is 0 Å². The topological polar surface area (TPSA) is 38.8 Å². The first-order chi connectivity index (χ1) is 16.5. The van der Waals surface area contributed by atoms with Gasteiger partial charge in [0.2, 0.25) is 0 Å². The zero-order valence-corrected chi connectivity index (χ0v) is 20.5. The summed E-state index contributed by atoms with van der Waals surface area (Å²) in [6.45, 7) is 1.61. The van der Waals surface area contributed by atoms with E-state index in [9.17, 15) is 4.79 Å². The number of benzene rings is 3. The lowest BCUT2D eigenvalue weighted by Gasteiger charge is -2.22. The van der Waals surface area contributed by atoms with Crippen molar-refractivity contribution in [2.24, 2.45) is 0 Å². The molecule has 0 spiro atoms. The second-order valence-electron chi connectivity index (χ2n) is 9.42. The molecule has 0 radical (unpaired) electrons. The second-order valence-corrected chi connectivity index (χ2v) is 9.42. The number of carbonyl (C=O) groups excluding carboxylic acids is 1. The molecule has 4 heteroatoms. The van der Waals surface area contributed by atoms with E-state index >= 15 is 0 Å². The summed E-state index contributed by atoms with van der Waals surface area (Å²) in [7, 11) is 5.70. The monoisotopic (exact) mass is 457 g/mol. The molecule has 0 bridgehead atoms. The van der Waals surface area contributed by atoms with E-state index in [1.807, 2.05) is 24.3 Å². The Hall–Kier alpha value is -3.11. The number of nitrogens with zero attached hydrogens (tertiary/aromatic N) is 1. The first-order valence-electron chi connectivity index (χ1n) is 12.2. The largest absolute Gasteiger partial charge is 0.489 e. The Kier molecular flexibility index (Phi) is 8.02. The minimum absolute atomic E-state index is 0.226. The molecule has 0 saturated carbocycles. The van der Waals surface area contributed by atoms with Crippen LogP contribution >= 0.6 is 0 Å². The highest BCUT2D eigenvalue weighted by molar-refractivity contribution is 5.72. The number of fused-ring (bicyclic) bond motifs is 2. The van der Waals surface area contributed by atoms with Crippen molar-refractivity contribution in [3.05, 3.63) is 100 Å². The summed E-state index contributed by atoms with van der Waals surface area (Å²) in [6.07, 6.45) is 4.73. The van der Waals surface area contributed by atoms with Crippen molar-refractivity contribution in [1.82, 2.24) is 4.90 Å². The average Bonchev–Trinajstić information content (AvgIpc) is 3.00. The Morgan fingerprint density at radius 1 is 0.912 bits per heavy atom. The van der Waals surface area contributed by atoms with Crippen molar-refractivity contribution in [2.75, 3.05) is 27.7 Å². The Labute approximate surface area is 203 Å². The highest BCUT2D eigenvalue weighted by Gasteiger charge is 2.23. The molecular formula is C30H35NO3. The van der Waals surface area contributed by atoms with Crippen molar-refractivity contribution in [3.8, 4) is 5.75 Å². The van der Waals surface area contributed by atoms with E-state index in [4.69, 9.17) is 9.47 Å². The quantitative estimate of drug-likeness (QED) is 0.395. The van der Waals surface area contributed by atoms with E-state index in [1.54, 1.807) is 0 Å². The van der Waals surface area contributed by atoms with Crippen LogP contribution in [0.2, 0.25) is 0 Å². The predicted octanol–water partition coefficient (Wildman–Crippen LogP) is 5.55. The van der Waals surface area contributed by atoms with Crippen molar-refractivity contribution < 1.29 is 14.3 Å². The Morgan fingerprint density at radius 2 is 1.62 bits per heavy atom. The molecule has 4 rings (SSSR count). The maximum atomic E-state index is 11.5. The van der Waals surface area contributed by atoms with E-state index in [-0.39, 0.29) is 5.97 Å². The van der Waals surface area contributed by atoms with E-state index < -0.39 is 0 Å². The van der Waals surface area contributed by atoms with E-state index in [0.29, 0.717) is 18.9 Å². The van der Waals surface area contributed by atoms with Gasteiger partial charge in [0.1, 0.15) is 12.4 Å². The van der Waals surface area contributed by atoms with Gasteiger partial charge in [-0.3, -0.25) is 4.79 Å². The average molecular weight is 458 g/mol. The molecule has 1 aliphatic rings. The second kappa shape index (κ2) is 11.3. The van der Waals surface area contributed by atoms with Gasteiger partial charge in [-0.15, -0.1) is 0 Å². The molecule has 0 saturated heterocycles. The third kappa shape index (κ3) is 6.06. The third-order valence-corrected chi connectivity index (χ3v) is 6.69. The van der Waals surface area contributed by atoms with E-state index in [2.05, 4.69) is 61.5 Å². The molecule has 0 heterocycles. The Balaban J connectivity index is 1.48. The molecule has 1 unspecified atom stereocenters. The highest BCUT2D eigenvalue weighted by atomic mass is 16.5. The molecule has 1 atom stereocenters. The molecular weight excluding hydrogens is 422 g/mol. The Bertz CT molecular complexity index is 1100. The van der Waals surface area contributed by atoms with Crippen LogP contribution in [-0.4, -0.2) is 38.6 Å². The number of hydrogen-bond acceptors (Lipinski definition) is 4. The van der Waals surface area contributed by atoms with Gasteiger partial charge >= 0.3 is 5.97 Å². The zero-order chi connectivity index (χ0) is 23.9. The van der Waals surface area contributed by atoms with Crippen LogP contribution < -0.4 is 4.74 Å². The fraction of sp³-hybridized carbons (Fsp3) is 0.367. The summed E-state index contributed by atoms with van der Waals surface area (Å²) in [5, 5.41) is 0. The summed E-state index contributed by atoms with van der Waals surface area (Å²) in [6, 6.07) is 23.5. The highest BCUT2D eigenvalue weighted by Crippen LogP contribution is 2.38. The van der Waals surface area contributed by atoms with E-state index in [0.717, 1.165) is 42.7 Å². The van der Waals surface area contributed by atoms with Crippen molar-refractivity contribution in [3.63, 3.8) is 0 Å². The normalized spacial score (nSPS) is 14.8. The number of rotatable bonds is 9. The van der Waals surface area contributed by atoms with Crippen LogP contribution in [0.1, 0.15) is 52.1 Å². The molecule has 4 nitrogen and oxygen atoms in total. The fourth-order valence-electron chi connectivity index (χ4n) is 4.85. The van der Waals surface area contributed by atoms with Crippen LogP contribution in [0.5, 0.6) is 5.75 Å². The lowest BCUT2D eigenvalue weighted by molar-refractivity contribution is -0.139. The van der Waals surface area contributed by atoms with Gasteiger partial charge in [0.15, 0.2) is 0 Å². The predicted molar refractivity (Wildman–Crippen MR) is 136 cm³/mol. The number of esters is 1.